The van der Waals surface area contributed by atoms with E-state index in [0.717, 1.165) is 0 Å². The van der Waals surface area contributed by atoms with Crippen LogP contribution in [0, 0.1) is 25.8 Å². The Labute approximate surface area is 123 Å². The molecule has 2 aromatic heterocycles. The van der Waals surface area contributed by atoms with Crippen LogP contribution in [0.3, 0.4) is 0 Å². The maximum atomic E-state index is 13.3. The van der Waals surface area contributed by atoms with Gasteiger partial charge in [-0.1, -0.05) is 0 Å². The lowest BCUT2D eigenvalue weighted by Crippen LogP contribution is -2.18. The summed E-state index contributed by atoms with van der Waals surface area (Å²) in [5, 5.41) is 2.33. The molecule has 0 radical (unpaired) electrons. The first kappa shape index (κ1) is 14.6. The summed E-state index contributed by atoms with van der Waals surface area (Å²) in [6, 6.07) is 0.618. The fraction of sp³-hybridized carbons (Fsp3) is 0.357. The second-order valence-corrected chi connectivity index (χ2v) is 5.27. The molecule has 0 saturated heterocycles. The normalized spacial score (nSPS) is 19.0. The van der Waals surface area contributed by atoms with Crippen molar-refractivity contribution in [3.05, 3.63) is 29.5 Å². The highest BCUT2D eigenvalue weighted by molar-refractivity contribution is 5.94. The number of carbonyl (C=O) groups excluding carboxylic acids is 1. The molecule has 2 aromatic rings. The van der Waals surface area contributed by atoms with Gasteiger partial charge in [-0.2, -0.15) is 4.39 Å². The third-order valence-corrected chi connectivity index (χ3v) is 3.47. The van der Waals surface area contributed by atoms with Gasteiger partial charge in [-0.15, -0.1) is 0 Å². The molecular weight excluding hydrogens is 299 g/mol. The average Bonchev–Trinajstić information content (AvgIpc) is 2.96. The van der Waals surface area contributed by atoms with E-state index in [1.165, 1.54) is 19.2 Å². The fourth-order valence-electron chi connectivity index (χ4n) is 2.03. The van der Waals surface area contributed by atoms with E-state index in [1.807, 2.05) is 0 Å². The first-order valence-electron chi connectivity index (χ1n) is 6.56. The number of nitrogens with zero attached hydrogens (tertiary/aromatic N) is 2. The van der Waals surface area contributed by atoms with Crippen LogP contribution in [-0.4, -0.2) is 21.8 Å². The van der Waals surface area contributed by atoms with E-state index in [-0.39, 0.29) is 17.4 Å². The van der Waals surface area contributed by atoms with Gasteiger partial charge in [0.2, 0.25) is 11.8 Å². The number of amides is 1. The molecule has 1 aliphatic carbocycles. The van der Waals surface area contributed by atoms with Gasteiger partial charge in [-0.25, -0.2) is 18.7 Å². The molecule has 2 heterocycles. The molecule has 0 aliphatic heterocycles. The van der Waals surface area contributed by atoms with E-state index >= 15 is 0 Å². The molecular formula is C14H12F3N3O2. The molecule has 1 saturated carbocycles. The second kappa shape index (κ2) is 4.82. The first-order chi connectivity index (χ1) is 10.3. The average molecular weight is 311 g/mol. The summed E-state index contributed by atoms with van der Waals surface area (Å²) in [6.45, 7) is 3.16. The summed E-state index contributed by atoms with van der Waals surface area (Å²) in [5.74, 6) is -4.92. The minimum Gasteiger partial charge on any atom is -0.411 e. The second-order valence-electron chi connectivity index (χ2n) is 5.27. The summed E-state index contributed by atoms with van der Waals surface area (Å²) >= 11 is 0. The molecule has 3 rings (SSSR count). The Kier molecular flexibility index (Phi) is 3.19. The van der Waals surface area contributed by atoms with Gasteiger partial charge in [-0.05, 0) is 25.5 Å². The van der Waals surface area contributed by atoms with Crippen LogP contribution in [0.1, 0.15) is 17.7 Å². The van der Waals surface area contributed by atoms with Crippen LogP contribution in [0.4, 0.5) is 19.0 Å². The molecule has 22 heavy (non-hydrogen) atoms. The van der Waals surface area contributed by atoms with Crippen LogP contribution >= 0.6 is 0 Å². The zero-order chi connectivity index (χ0) is 16.1. The maximum Gasteiger partial charge on any atom is 0.301 e. The van der Waals surface area contributed by atoms with Crippen molar-refractivity contribution < 1.29 is 22.4 Å². The van der Waals surface area contributed by atoms with Crippen molar-refractivity contribution in [2.45, 2.75) is 26.2 Å². The van der Waals surface area contributed by atoms with Gasteiger partial charge in [0.05, 0.1) is 0 Å². The molecule has 1 aliphatic rings. The molecule has 0 spiro atoms. The number of aryl methyl sites for hydroxylation is 2. The van der Waals surface area contributed by atoms with Crippen LogP contribution in [0.25, 0.3) is 11.5 Å². The maximum absolute atomic E-state index is 13.3. The number of hydrogen-bond donors (Lipinski definition) is 1. The van der Waals surface area contributed by atoms with E-state index in [1.54, 1.807) is 6.92 Å². The fourth-order valence-corrected chi connectivity index (χ4v) is 2.03. The standard InChI is InChI=1S/C14H12F3N3O2/c1-6-5-18-10(20-12(21)9-4-14(9,16)17)3-8(6)13-19-7(2)11(15)22-13/h3,5,9H,4H2,1-2H3,(H,18,20,21)/t9-/m0/s1. The zero-order valence-electron chi connectivity index (χ0n) is 11.8. The number of oxazole rings is 1. The molecule has 1 amide bonds. The van der Waals surface area contributed by atoms with Gasteiger partial charge in [-0.3, -0.25) is 4.79 Å². The highest BCUT2D eigenvalue weighted by Gasteiger charge is 2.61. The zero-order valence-corrected chi connectivity index (χ0v) is 11.8. The third kappa shape index (κ3) is 2.56. The number of alkyl halides is 2. The topological polar surface area (TPSA) is 68.0 Å². The van der Waals surface area contributed by atoms with Crippen molar-refractivity contribution in [1.82, 2.24) is 9.97 Å². The Morgan fingerprint density at radius 1 is 1.45 bits per heavy atom. The molecule has 1 atom stereocenters. The van der Waals surface area contributed by atoms with Crippen molar-refractivity contribution in [3.8, 4) is 11.5 Å². The minimum absolute atomic E-state index is 0.0437. The predicted octanol–water partition coefficient (Wildman–Crippen LogP) is 3.09. The van der Waals surface area contributed by atoms with Crippen molar-refractivity contribution in [3.63, 3.8) is 0 Å². The number of rotatable bonds is 3. The summed E-state index contributed by atoms with van der Waals surface area (Å²) in [5.41, 5.74) is 1.19. The first-order valence-corrected chi connectivity index (χ1v) is 6.56. The summed E-state index contributed by atoms with van der Waals surface area (Å²) in [6.07, 6.45) is 0.967. The Balaban J connectivity index is 1.85. The van der Waals surface area contributed by atoms with Gasteiger partial charge in [0, 0.05) is 18.2 Å². The van der Waals surface area contributed by atoms with E-state index in [2.05, 4.69) is 15.3 Å². The van der Waals surface area contributed by atoms with Gasteiger partial charge >= 0.3 is 6.01 Å². The van der Waals surface area contributed by atoms with Crippen LogP contribution in [0.15, 0.2) is 16.7 Å². The molecule has 8 heteroatoms. The third-order valence-electron chi connectivity index (χ3n) is 3.47. The summed E-state index contributed by atoms with van der Waals surface area (Å²) in [4.78, 5) is 19.5. The number of carbonyl (C=O) groups is 1. The van der Waals surface area contributed by atoms with Gasteiger partial charge in [0.1, 0.15) is 17.4 Å². The smallest absolute Gasteiger partial charge is 0.301 e. The quantitative estimate of drug-likeness (QED) is 0.946. The van der Waals surface area contributed by atoms with Crippen molar-refractivity contribution in [2.75, 3.05) is 5.32 Å². The number of anilines is 1. The van der Waals surface area contributed by atoms with E-state index in [4.69, 9.17) is 4.42 Å². The van der Waals surface area contributed by atoms with Gasteiger partial charge < -0.3 is 9.73 Å². The Morgan fingerprint density at radius 2 is 2.14 bits per heavy atom. The van der Waals surface area contributed by atoms with Crippen LogP contribution in [0.5, 0.6) is 0 Å². The highest BCUT2D eigenvalue weighted by atomic mass is 19.3. The predicted molar refractivity (Wildman–Crippen MR) is 70.8 cm³/mol. The number of nitrogens with one attached hydrogen (secondary N) is 1. The monoisotopic (exact) mass is 311 g/mol. The molecule has 5 nitrogen and oxygen atoms in total. The van der Waals surface area contributed by atoms with Crippen molar-refractivity contribution >= 4 is 11.7 Å². The molecule has 1 N–H and O–H groups in total. The van der Waals surface area contributed by atoms with Crippen LogP contribution in [-0.2, 0) is 4.79 Å². The minimum atomic E-state index is -2.94. The van der Waals surface area contributed by atoms with E-state index in [9.17, 15) is 18.0 Å². The van der Waals surface area contributed by atoms with E-state index < -0.39 is 30.2 Å². The lowest BCUT2D eigenvalue weighted by molar-refractivity contribution is -0.119. The number of halogens is 3. The van der Waals surface area contributed by atoms with Crippen LogP contribution < -0.4 is 5.32 Å². The molecule has 0 bridgehead atoms. The Bertz CT molecular complexity index is 738. The van der Waals surface area contributed by atoms with E-state index in [0.29, 0.717) is 11.1 Å². The summed E-state index contributed by atoms with van der Waals surface area (Å²) < 4.78 is 43.9. The summed E-state index contributed by atoms with van der Waals surface area (Å²) in [7, 11) is 0. The van der Waals surface area contributed by atoms with Crippen molar-refractivity contribution in [1.29, 1.82) is 0 Å². The largest absolute Gasteiger partial charge is 0.411 e. The number of pyridine rings is 1. The number of aromatic nitrogens is 2. The Hall–Kier alpha value is -2.38. The highest BCUT2D eigenvalue weighted by Crippen LogP contribution is 2.49. The molecule has 116 valence electrons. The molecule has 0 aromatic carbocycles. The van der Waals surface area contributed by atoms with Gasteiger partial charge in [0.25, 0.3) is 5.92 Å². The lowest BCUT2D eigenvalue weighted by atomic mass is 10.1. The Morgan fingerprint density at radius 3 is 2.68 bits per heavy atom. The molecule has 0 unspecified atom stereocenters. The van der Waals surface area contributed by atoms with Crippen LogP contribution in [0.2, 0.25) is 0 Å². The molecule has 1 fully saturated rings. The number of hydrogen-bond acceptors (Lipinski definition) is 4. The SMILES string of the molecule is Cc1cnc(NC(=O)[C@@H]2CC2(F)F)cc1-c1nc(C)c(F)o1. The van der Waals surface area contributed by atoms with Crippen molar-refractivity contribution in [2.24, 2.45) is 5.92 Å². The van der Waals surface area contributed by atoms with Gasteiger partial charge in [0.15, 0.2) is 0 Å². The lowest BCUT2D eigenvalue weighted by Gasteiger charge is -2.07.